The minimum absolute atomic E-state index is 0.169. The van der Waals surface area contributed by atoms with E-state index in [0.717, 1.165) is 12.8 Å². The first-order chi connectivity index (χ1) is 10.5. The maximum atomic E-state index is 12.0. The second-order valence-corrected chi connectivity index (χ2v) is 5.49. The third-order valence-electron chi connectivity index (χ3n) is 3.83. The molecule has 0 unspecified atom stereocenters. The maximum Gasteiger partial charge on any atom is 0.289 e. The van der Waals surface area contributed by atoms with Crippen molar-refractivity contribution in [3.8, 4) is 0 Å². The highest BCUT2D eigenvalue weighted by Gasteiger charge is 2.32. The fraction of sp³-hybridized carbons (Fsp3) is 0.412. The lowest BCUT2D eigenvalue weighted by atomic mass is 10.1. The molecule has 0 atom stereocenters. The van der Waals surface area contributed by atoms with Crippen LogP contribution >= 0.6 is 0 Å². The highest BCUT2D eigenvalue weighted by atomic mass is 16.3. The van der Waals surface area contributed by atoms with E-state index in [9.17, 15) is 14.7 Å². The van der Waals surface area contributed by atoms with Crippen LogP contribution in [0.25, 0.3) is 0 Å². The van der Waals surface area contributed by atoms with Crippen LogP contribution in [-0.2, 0) is 16.0 Å². The van der Waals surface area contributed by atoms with Crippen LogP contribution in [0.4, 0.5) is 0 Å². The number of aliphatic hydroxyl groups excluding tert-OH is 1. The zero-order valence-corrected chi connectivity index (χ0v) is 13.1. The van der Waals surface area contributed by atoms with Crippen molar-refractivity contribution in [1.82, 2.24) is 10.2 Å². The van der Waals surface area contributed by atoms with Gasteiger partial charge in [0, 0.05) is 13.1 Å². The number of amides is 2. The lowest BCUT2D eigenvalue weighted by molar-refractivity contribution is -0.127. The number of nitrogens with zero attached hydrogens (tertiary/aromatic N) is 1. The van der Waals surface area contributed by atoms with Crippen LogP contribution in [0.2, 0.25) is 0 Å². The SMILES string of the molecule is CCN1CC(C(=O)NCCCc2ccc(C)cc2)=C(O)C1=O. The van der Waals surface area contributed by atoms with Crippen LogP contribution in [0, 0.1) is 6.92 Å². The summed E-state index contributed by atoms with van der Waals surface area (Å²) in [6.45, 7) is 5.04. The number of carbonyl (C=O) groups is 2. The molecule has 0 aromatic heterocycles. The number of aryl methyl sites for hydroxylation is 2. The van der Waals surface area contributed by atoms with Crippen molar-refractivity contribution in [2.45, 2.75) is 26.7 Å². The first kappa shape index (κ1) is 16.1. The summed E-state index contributed by atoms with van der Waals surface area (Å²) in [7, 11) is 0. The Kier molecular flexibility index (Phi) is 5.20. The monoisotopic (exact) mass is 302 g/mol. The van der Waals surface area contributed by atoms with Crippen LogP contribution < -0.4 is 5.32 Å². The molecule has 1 aromatic rings. The first-order valence-electron chi connectivity index (χ1n) is 7.58. The Labute approximate surface area is 130 Å². The molecule has 2 N–H and O–H groups in total. The Bertz CT molecular complexity index is 590. The first-order valence-corrected chi connectivity index (χ1v) is 7.58. The largest absolute Gasteiger partial charge is 0.503 e. The van der Waals surface area contributed by atoms with Gasteiger partial charge in [0.1, 0.15) is 0 Å². The fourth-order valence-electron chi connectivity index (χ4n) is 2.41. The van der Waals surface area contributed by atoms with E-state index in [2.05, 4.69) is 29.6 Å². The summed E-state index contributed by atoms with van der Waals surface area (Å²) < 4.78 is 0. The quantitative estimate of drug-likeness (QED) is 0.786. The van der Waals surface area contributed by atoms with Crippen molar-refractivity contribution in [2.24, 2.45) is 0 Å². The van der Waals surface area contributed by atoms with Crippen LogP contribution in [0.5, 0.6) is 0 Å². The highest BCUT2D eigenvalue weighted by Crippen LogP contribution is 2.16. The van der Waals surface area contributed by atoms with Crippen LogP contribution in [0.1, 0.15) is 24.5 Å². The average Bonchev–Trinajstić information content (AvgIpc) is 2.81. The van der Waals surface area contributed by atoms with Gasteiger partial charge in [0.05, 0.1) is 12.1 Å². The van der Waals surface area contributed by atoms with Crippen LogP contribution in [0.3, 0.4) is 0 Å². The van der Waals surface area contributed by atoms with Gasteiger partial charge in [-0.3, -0.25) is 9.59 Å². The molecule has 22 heavy (non-hydrogen) atoms. The third-order valence-corrected chi connectivity index (χ3v) is 3.83. The third kappa shape index (κ3) is 3.67. The number of hydrogen-bond acceptors (Lipinski definition) is 3. The van der Waals surface area contributed by atoms with E-state index in [-0.39, 0.29) is 18.0 Å². The summed E-state index contributed by atoms with van der Waals surface area (Å²) in [4.78, 5) is 25.1. The molecule has 1 heterocycles. The zero-order valence-electron chi connectivity index (χ0n) is 13.1. The van der Waals surface area contributed by atoms with Gasteiger partial charge in [-0.1, -0.05) is 29.8 Å². The standard InChI is InChI=1S/C17H22N2O3/c1-3-19-11-14(15(20)17(19)22)16(21)18-10-4-5-13-8-6-12(2)7-9-13/h6-9,20H,3-5,10-11H2,1-2H3,(H,18,21). The molecule has 0 aliphatic carbocycles. The molecule has 5 nitrogen and oxygen atoms in total. The molecule has 0 saturated carbocycles. The van der Waals surface area contributed by atoms with Gasteiger partial charge in [0.25, 0.3) is 11.8 Å². The molecule has 118 valence electrons. The van der Waals surface area contributed by atoms with Crippen molar-refractivity contribution in [3.63, 3.8) is 0 Å². The number of hydrogen-bond donors (Lipinski definition) is 2. The predicted octanol–water partition coefficient (Wildman–Crippen LogP) is 1.72. The summed E-state index contributed by atoms with van der Waals surface area (Å²) in [5.74, 6) is -1.24. The highest BCUT2D eigenvalue weighted by molar-refractivity contribution is 6.06. The number of likely N-dealkylation sites (N-methyl/N-ethyl adjacent to an activating group) is 1. The summed E-state index contributed by atoms with van der Waals surface area (Å²) >= 11 is 0. The van der Waals surface area contributed by atoms with E-state index in [1.54, 1.807) is 0 Å². The van der Waals surface area contributed by atoms with Crippen molar-refractivity contribution >= 4 is 11.8 Å². The Hall–Kier alpha value is -2.30. The van der Waals surface area contributed by atoms with Crippen molar-refractivity contribution in [2.75, 3.05) is 19.6 Å². The van der Waals surface area contributed by atoms with E-state index >= 15 is 0 Å². The molecule has 0 fully saturated rings. The van der Waals surface area contributed by atoms with Gasteiger partial charge < -0.3 is 15.3 Å². The molecule has 1 aliphatic rings. The van der Waals surface area contributed by atoms with E-state index in [0.29, 0.717) is 13.1 Å². The van der Waals surface area contributed by atoms with Gasteiger partial charge >= 0.3 is 0 Å². The zero-order chi connectivity index (χ0) is 16.1. The molecule has 1 aromatic carbocycles. The molecular formula is C17H22N2O3. The van der Waals surface area contributed by atoms with Gasteiger partial charge in [0.15, 0.2) is 5.76 Å². The molecule has 0 bridgehead atoms. The van der Waals surface area contributed by atoms with Crippen LogP contribution in [0.15, 0.2) is 35.6 Å². The molecule has 0 spiro atoms. The molecule has 2 rings (SSSR count). The van der Waals surface area contributed by atoms with Gasteiger partial charge in [-0.25, -0.2) is 0 Å². The van der Waals surface area contributed by atoms with Gasteiger partial charge in [-0.2, -0.15) is 0 Å². The lowest BCUT2D eigenvalue weighted by Crippen LogP contribution is -2.30. The number of aliphatic hydroxyl groups is 1. The number of benzene rings is 1. The lowest BCUT2D eigenvalue weighted by Gasteiger charge is -2.12. The van der Waals surface area contributed by atoms with E-state index in [4.69, 9.17) is 0 Å². The second-order valence-electron chi connectivity index (χ2n) is 5.49. The van der Waals surface area contributed by atoms with Gasteiger partial charge in [0.2, 0.25) is 0 Å². The number of rotatable bonds is 6. The topological polar surface area (TPSA) is 69.6 Å². The fourth-order valence-corrected chi connectivity index (χ4v) is 2.41. The Balaban J connectivity index is 1.79. The van der Waals surface area contributed by atoms with Crippen LogP contribution in [-0.4, -0.2) is 41.5 Å². The minimum Gasteiger partial charge on any atom is -0.503 e. The molecule has 0 radical (unpaired) electrons. The summed E-state index contributed by atoms with van der Waals surface area (Å²) in [6, 6.07) is 8.31. The maximum absolute atomic E-state index is 12.0. The minimum atomic E-state index is -0.465. The van der Waals surface area contributed by atoms with E-state index in [1.165, 1.54) is 16.0 Å². The predicted molar refractivity (Wildman–Crippen MR) is 84.4 cm³/mol. The number of carbonyl (C=O) groups excluding carboxylic acids is 2. The van der Waals surface area contributed by atoms with Crippen molar-refractivity contribution < 1.29 is 14.7 Å². The molecule has 2 amide bonds. The Morgan fingerprint density at radius 3 is 2.59 bits per heavy atom. The van der Waals surface area contributed by atoms with E-state index in [1.807, 2.05) is 13.8 Å². The number of nitrogens with one attached hydrogen (secondary N) is 1. The summed E-state index contributed by atoms with van der Waals surface area (Å²) in [6.07, 6.45) is 1.69. The smallest absolute Gasteiger partial charge is 0.289 e. The molecule has 0 saturated heterocycles. The molecule has 5 heteroatoms. The Morgan fingerprint density at radius 2 is 2.00 bits per heavy atom. The summed E-state index contributed by atoms with van der Waals surface area (Å²) in [5, 5.41) is 12.5. The molecule has 1 aliphatic heterocycles. The van der Waals surface area contributed by atoms with Crippen molar-refractivity contribution in [3.05, 3.63) is 46.7 Å². The van der Waals surface area contributed by atoms with Gasteiger partial charge in [-0.05, 0) is 32.3 Å². The average molecular weight is 302 g/mol. The summed E-state index contributed by atoms with van der Waals surface area (Å²) in [5.41, 5.74) is 2.63. The van der Waals surface area contributed by atoms with Gasteiger partial charge in [-0.15, -0.1) is 0 Å². The second kappa shape index (κ2) is 7.11. The molecular weight excluding hydrogens is 280 g/mol. The van der Waals surface area contributed by atoms with E-state index < -0.39 is 11.7 Å². The van der Waals surface area contributed by atoms with Crippen molar-refractivity contribution in [1.29, 1.82) is 0 Å². The Morgan fingerprint density at radius 1 is 1.32 bits per heavy atom. The normalized spacial score (nSPS) is 14.6.